The molecule has 0 aromatic heterocycles. The Morgan fingerprint density at radius 3 is 2.39 bits per heavy atom. The van der Waals surface area contributed by atoms with Crippen LogP contribution >= 0.6 is 0 Å². The first-order valence-electron chi connectivity index (χ1n) is 7.28. The SMILES string of the molecule is CC1CN(C)C(=O)C(CO)N1C1CCCCCC1. The molecule has 0 bridgehead atoms. The molecule has 1 aliphatic heterocycles. The van der Waals surface area contributed by atoms with Crippen molar-refractivity contribution in [3.63, 3.8) is 0 Å². The van der Waals surface area contributed by atoms with E-state index in [1.165, 1.54) is 38.5 Å². The number of amides is 1. The number of aliphatic hydroxyl groups is 1. The van der Waals surface area contributed by atoms with E-state index >= 15 is 0 Å². The Bertz CT molecular complexity index is 288. The first-order chi connectivity index (χ1) is 8.65. The lowest BCUT2D eigenvalue weighted by molar-refractivity contribution is -0.147. The van der Waals surface area contributed by atoms with Crippen molar-refractivity contribution in [3.05, 3.63) is 0 Å². The summed E-state index contributed by atoms with van der Waals surface area (Å²) >= 11 is 0. The molecular formula is C14H26N2O2. The van der Waals surface area contributed by atoms with E-state index in [1.807, 2.05) is 7.05 Å². The Kier molecular flexibility index (Phi) is 4.62. The van der Waals surface area contributed by atoms with E-state index in [0.29, 0.717) is 12.1 Å². The van der Waals surface area contributed by atoms with Crippen LogP contribution in [-0.2, 0) is 4.79 Å². The van der Waals surface area contributed by atoms with Gasteiger partial charge in [-0.2, -0.15) is 0 Å². The summed E-state index contributed by atoms with van der Waals surface area (Å²) in [7, 11) is 1.84. The van der Waals surface area contributed by atoms with E-state index in [9.17, 15) is 9.90 Å². The van der Waals surface area contributed by atoms with Gasteiger partial charge in [-0.1, -0.05) is 25.7 Å². The summed E-state index contributed by atoms with van der Waals surface area (Å²) in [6.45, 7) is 2.91. The molecule has 0 radical (unpaired) electrons. The van der Waals surface area contributed by atoms with E-state index in [0.717, 1.165) is 6.54 Å². The van der Waals surface area contributed by atoms with E-state index in [-0.39, 0.29) is 18.6 Å². The normalized spacial score (nSPS) is 32.6. The third kappa shape index (κ3) is 2.69. The van der Waals surface area contributed by atoms with Crippen LogP contribution in [0, 0.1) is 0 Å². The van der Waals surface area contributed by atoms with Gasteiger partial charge < -0.3 is 10.0 Å². The van der Waals surface area contributed by atoms with Gasteiger partial charge in [-0.3, -0.25) is 9.69 Å². The second-order valence-electron chi connectivity index (χ2n) is 5.86. The summed E-state index contributed by atoms with van der Waals surface area (Å²) in [5.41, 5.74) is 0. The summed E-state index contributed by atoms with van der Waals surface area (Å²) in [4.78, 5) is 16.2. The number of nitrogens with zero attached hydrogens (tertiary/aromatic N) is 2. The average Bonchev–Trinajstić information content (AvgIpc) is 2.62. The van der Waals surface area contributed by atoms with Gasteiger partial charge in [0.05, 0.1) is 6.61 Å². The summed E-state index contributed by atoms with van der Waals surface area (Å²) in [6, 6.07) is 0.520. The topological polar surface area (TPSA) is 43.8 Å². The fraction of sp³-hybridized carbons (Fsp3) is 0.929. The molecule has 2 unspecified atom stereocenters. The highest BCUT2D eigenvalue weighted by molar-refractivity contribution is 5.82. The van der Waals surface area contributed by atoms with Crippen molar-refractivity contribution < 1.29 is 9.90 Å². The highest BCUT2D eigenvalue weighted by atomic mass is 16.3. The van der Waals surface area contributed by atoms with Gasteiger partial charge >= 0.3 is 0 Å². The van der Waals surface area contributed by atoms with Crippen LogP contribution in [0.5, 0.6) is 0 Å². The van der Waals surface area contributed by atoms with Crippen LogP contribution in [-0.4, -0.2) is 59.1 Å². The predicted octanol–water partition coefficient (Wildman–Crippen LogP) is 1.23. The molecule has 1 heterocycles. The fourth-order valence-electron chi connectivity index (χ4n) is 3.61. The molecule has 1 N–H and O–H groups in total. The quantitative estimate of drug-likeness (QED) is 0.754. The zero-order chi connectivity index (χ0) is 13.1. The molecule has 18 heavy (non-hydrogen) atoms. The fourth-order valence-corrected chi connectivity index (χ4v) is 3.61. The van der Waals surface area contributed by atoms with Crippen LogP contribution in [0.1, 0.15) is 45.4 Å². The molecule has 1 saturated carbocycles. The molecule has 1 saturated heterocycles. The van der Waals surface area contributed by atoms with Gasteiger partial charge in [-0.25, -0.2) is 0 Å². The second-order valence-corrected chi connectivity index (χ2v) is 5.86. The molecule has 2 atom stereocenters. The van der Waals surface area contributed by atoms with Gasteiger partial charge in [-0.05, 0) is 19.8 Å². The van der Waals surface area contributed by atoms with Gasteiger partial charge in [-0.15, -0.1) is 0 Å². The van der Waals surface area contributed by atoms with E-state index in [2.05, 4.69) is 11.8 Å². The van der Waals surface area contributed by atoms with Crippen molar-refractivity contribution >= 4 is 5.91 Å². The highest BCUT2D eigenvalue weighted by Crippen LogP contribution is 2.28. The van der Waals surface area contributed by atoms with Gasteiger partial charge in [0.1, 0.15) is 6.04 Å². The van der Waals surface area contributed by atoms with Gasteiger partial charge in [0.15, 0.2) is 0 Å². The third-order valence-electron chi connectivity index (χ3n) is 4.49. The van der Waals surface area contributed by atoms with Crippen LogP contribution in [0.4, 0.5) is 0 Å². The Morgan fingerprint density at radius 2 is 1.83 bits per heavy atom. The standard InChI is InChI=1S/C14H26N2O2/c1-11-9-15(2)14(18)13(10-17)16(11)12-7-5-3-4-6-8-12/h11-13,17H,3-10H2,1-2H3. The first-order valence-corrected chi connectivity index (χ1v) is 7.28. The third-order valence-corrected chi connectivity index (χ3v) is 4.49. The Labute approximate surface area is 110 Å². The summed E-state index contributed by atoms with van der Waals surface area (Å²) in [5, 5.41) is 9.58. The summed E-state index contributed by atoms with van der Waals surface area (Å²) in [6.07, 6.45) is 7.51. The monoisotopic (exact) mass is 254 g/mol. The van der Waals surface area contributed by atoms with E-state index in [1.54, 1.807) is 4.90 Å². The maximum Gasteiger partial charge on any atom is 0.242 e. The maximum absolute atomic E-state index is 12.2. The molecular weight excluding hydrogens is 228 g/mol. The zero-order valence-corrected chi connectivity index (χ0v) is 11.6. The zero-order valence-electron chi connectivity index (χ0n) is 11.6. The molecule has 0 aromatic rings. The lowest BCUT2D eigenvalue weighted by Gasteiger charge is -2.47. The summed E-state index contributed by atoms with van der Waals surface area (Å²) in [5.74, 6) is 0.0832. The molecule has 4 heteroatoms. The van der Waals surface area contributed by atoms with Gasteiger partial charge in [0, 0.05) is 25.7 Å². The van der Waals surface area contributed by atoms with E-state index < -0.39 is 0 Å². The number of hydrogen-bond donors (Lipinski definition) is 1. The Hall–Kier alpha value is -0.610. The van der Waals surface area contributed by atoms with Crippen LogP contribution in [0.15, 0.2) is 0 Å². The minimum absolute atomic E-state index is 0.0516. The summed E-state index contributed by atoms with van der Waals surface area (Å²) < 4.78 is 0. The van der Waals surface area contributed by atoms with Crippen LogP contribution < -0.4 is 0 Å². The molecule has 2 fully saturated rings. The van der Waals surface area contributed by atoms with Crippen molar-refractivity contribution in [3.8, 4) is 0 Å². The molecule has 1 aliphatic carbocycles. The largest absolute Gasteiger partial charge is 0.394 e. The lowest BCUT2D eigenvalue weighted by atomic mass is 9.98. The van der Waals surface area contributed by atoms with Crippen molar-refractivity contribution in [2.75, 3.05) is 20.2 Å². The van der Waals surface area contributed by atoms with Crippen LogP contribution in [0.2, 0.25) is 0 Å². The van der Waals surface area contributed by atoms with Crippen LogP contribution in [0.25, 0.3) is 0 Å². The highest BCUT2D eigenvalue weighted by Gasteiger charge is 2.40. The average molecular weight is 254 g/mol. The number of likely N-dealkylation sites (N-methyl/N-ethyl adjacent to an activating group) is 1. The van der Waals surface area contributed by atoms with Crippen LogP contribution in [0.3, 0.4) is 0 Å². The lowest BCUT2D eigenvalue weighted by Crippen LogP contribution is -2.63. The molecule has 104 valence electrons. The Morgan fingerprint density at radius 1 is 1.22 bits per heavy atom. The number of carbonyl (C=O) groups is 1. The van der Waals surface area contributed by atoms with Gasteiger partial charge in [0.25, 0.3) is 0 Å². The molecule has 2 rings (SSSR count). The number of hydrogen-bond acceptors (Lipinski definition) is 3. The van der Waals surface area contributed by atoms with Gasteiger partial charge in [0.2, 0.25) is 5.91 Å². The minimum atomic E-state index is -0.318. The van der Waals surface area contributed by atoms with Crippen molar-refractivity contribution in [1.29, 1.82) is 0 Å². The van der Waals surface area contributed by atoms with E-state index in [4.69, 9.17) is 0 Å². The number of piperazine rings is 1. The molecule has 4 nitrogen and oxygen atoms in total. The predicted molar refractivity (Wildman–Crippen MR) is 71.3 cm³/mol. The van der Waals surface area contributed by atoms with Crippen molar-refractivity contribution in [2.24, 2.45) is 0 Å². The number of rotatable bonds is 2. The number of carbonyl (C=O) groups excluding carboxylic acids is 1. The minimum Gasteiger partial charge on any atom is -0.394 e. The van der Waals surface area contributed by atoms with Crippen molar-refractivity contribution in [2.45, 2.75) is 63.6 Å². The Balaban J connectivity index is 2.13. The first kappa shape index (κ1) is 13.8. The second kappa shape index (κ2) is 6.02. The smallest absolute Gasteiger partial charge is 0.242 e. The molecule has 0 aromatic carbocycles. The number of aliphatic hydroxyl groups excluding tert-OH is 1. The molecule has 1 amide bonds. The maximum atomic E-state index is 12.2. The molecule has 2 aliphatic rings. The van der Waals surface area contributed by atoms with Crippen molar-refractivity contribution in [1.82, 2.24) is 9.80 Å². The molecule has 0 spiro atoms.